The molecule has 0 aliphatic carbocycles. The van der Waals surface area contributed by atoms with Crippen molar-refractivity contribution < 1.29 is 4.74 Å². The first-order valence-corrected chi connectivity index (χ1v) is 8.83. The maximum absolute atomic E-state index is 5.38. The van der Waals surface area contributed by atoms with Gasteiger partial charge in [0.2, 0.25) is 5.95 Å². The normalized spacial score (nSPS) is 15.2. The molecule has 25 heavy (non-hydrogen) atoms. The van der Waals surface area contributed by atoms with Crippen molar-refractivity contribution in [3.05, 3.63) is 41.1 Å². The van der Waals surface area contributed by atoms with Crippen molar-refractivity contribution in [1.29, 1.82) is 0 Å². The van der Waals surface area contributed by atoms with Gasteiger partial charge in [0, 0.05) is 43.6 Å². The van der Waals surface area contributed by atoms with Gasteiger partial charge in [-0.15, -0.1) is 0 Å². The van der Waals surface area contributed by atoms with Crippen LogP contribution in [0.5, 0.6) is 0 Å². The molecule has 0 amide bonds. The van der Waals surface area contributed by atoms with Crippen LogP contribution in [0.25, 0.3) is 0 Å². The van der Waals surface area contributed by atoms with E-state index in [2.05, 4.69) is 57.5 Å². The summed E-state index contributed by atoms with van der Waals surface area (Å²) in [5.74, 6) is 1.48. The van der Waals surface area contributed by atoms with Gasteiger partial charge in [0.05, 0.1) is 13.2 Å². The Bertz CT molecular complexity index is 693. The van der Waals surface area contributed by atoms with Crippen molar-refractivity contribution in [2.75, 3.05) is 50.0 Å². The highest BCUT2D eigenvalue weighted by atomic mass is 16.5. The van der Waals surface area contributed by atoms with E-state index in [-0.39, 0.29) is 0 Å². The molecular weight excluding hydrogens is 314 g/mol. The van der Waals surface area contributed by atoms with Gasteiger partial charge in [-0.05, 0) is 44.0 Å². The molecule has 1 fully saturated rings. The Hall–Kier alpha value is -2.18. The van der Waals surface area contributed by atoms with Crippen LogP contribution >= 0.6 is 0 Å². The van der Waals surface area contributed by atoms with Crippen molar-refractivity contribution in [3.63, 3.8) is 0 Å². The van der Waals surface area contributed by atoms with E-state index in [1.54, 1.807) is 0 Å². The lowest BCUT2D eigenvalue weighted by Gasteiger charge is -2.26. The summed E-state index contributed by atoms with van der Waals surface area (Å²) in [4.78, 5) is 11.5. The summed E-state index contributed by atoms with van der Waals surface area (Å²) in [7, 11) is 0. The standard InChI is InChI=1S/C19H27N5O/c1-14-10-15(2)12-17(11-14)22-19-21-16(3)13-18(23-19)20-4-5-24-6-8-25-9-7-24/h10-13H,4-9H2,1-3H3,(H2,20,21,22,23). The van der Waals surface area contributed by atoms with Crippen molar-refractivity contribution in [2.24, 2.45) is 0 Å². The van der Waals surface area contributed by atoms with Crippen LogP contribution in [0.2, 0.25) is 0 Å². The van der Waals surface area contributed by atoms with Gasteiger partial charge in [0.25, 0.3) is 0 Å². The smallest absolute Gasteiger partial charge is 0.229 e. The minimum atomic E-state index is 0.624. The van der Waals surface area contributed by atoms with E-state index in [0.29, 0.717) is 5.95 Å². The number of nitrogens with zero attached hydrogens (tertiary/aromatic N) is 3. The molecule has 0 atom stereocenters. The number of aromatic nitrogens is 2. The van der Waals surface area contributed by atoms with E-state index < -0.39 is 0 Å². The van der Waals surface area contributed by atoms with Crippen LogP contribution in [0.3, 0.4) is 0 Å². The molecule has 1 saturated heterocycles. The van der Waals surface area contributed by atoms with Gasteiger partial charge in [0.15, 0.2) is 0 Å². The van der Waals surface area contributed by atoms with Crippen LogP contribution in [-0.2, 0) is 4.74 Å². The number of benzene rings is 1. The highest BCUT2D eigenvalue weighted by molar-refractivity contribution is 5.57. The van der Waals surface area contributed by atoms with Gasteiger partial charge in [0.1, 0.15) is 5.82 Å². The second kappa shape index (κ2) is 8.27. The first-order chi connectivity index (χ1) is 12.1. The molecule has 0 spiro atoms. The number of hydrogen-bond acceptors (Lipinski definition) is 6. The van der Waals surface area contributed by atoms with Gasteiger partial charge in [-0.25, -0.2) is 4.98 Å². The average molecular weight is 341 g/mol. The van der Waals surface area contributed by atoms with Crippen LogP contribution in [0, 0.1) is 20.8 Å². The molecule has 1 aromatic heterocycles. The number of nitrogens with one attached hydrogen (secondary N) is 2. The van der Waals surface area contributed by atoms with E-state index in [0.717, 1.165) is 56.6 Å². The maximum atomic E-state index is 5.38. The van der Waals surface area contributed by atoms with Crippen LogP contribution in [0.4, 0.5) is 17.5 Å². The molecule has 6 nitrogen and oxygen atoms in total. The summed E-state index contributed by atoms with van der Waals surface area (Å²) in [6, 6.07) is 8.33. The summed E-state index contributed by atoms with van der Waals surface area (Å²) < 4.78 is 5.38. The van der Waals surface area contributed by atoms with E-state index in [9.17, 15) is 0 Å². The van der Waals surface area contributed by atoms with Gasteiger partial charge in [-0.3, -0.25) is 4.90 Å². The molecule has 6 heteroatoms. The van der Waals surface area contributed by atoms with Gasteiger partial charge in [-0.2, -0.15) is 4.98 Å². The fourth-order valence-electron chi connectivity index (χ4n) is 3.06. The molecule has 1 aliphatic rings. The zero-order valence-electron chi connectivity index (χ0n) is 15.3. The predicted molar refractivity (Wildman–Crippen MR) is 102 cm³/mol. The predicted octanol–water partition coefficient (Wildman–Crippen LogP) is 2.89. The third-order valence-electron chi connectivity index (χ3n) is 4.17. The number of aryl methyl sites for hydroxylation is 3. The van der Waals surface area contributed by atoms with Crippen LogP contribution in [0.15, 0.2) is 24.3 Å². The maximum Gasteiger partial charge on any atom is 0.229 e. The summed E-state index contributed by atoms with van der Waals surface area (Å²) >= 11 is 0. The summed E-state index contributed by atoms with van der Waals surface area (Å²) in [5.41, 5.74) is 4.40. The van der Waals surface area contributed by atoms with Crippen LogP contribution < -0.4 is 10.6 Å². The SMILES string of the molecule is Cc1cc(C)cc(Nc2nc(C)cc(NCCN3CCOCC3)n2)c1. The van der Waals surface area contributed by atoms with Crippen LogP contribution in [0.1, 0.15) is 16.8 Å². The molecule has 0 unspecified atom stereocenters. The van der Waals surface area contributed by atoms with E-state index in [1.165, 1.54) is 11.1 Å². The summed E-state index contributed by atoms with van der Waals surface area (Å²) in [6.45, 7) is 11.7. The largest absolute Gasteiger partial charge is 0.379 e. The first-order valence-electron chi connectivity index (χ1n) is 8.83. The molecule has 1 aromatic carbocycles. The highest BCUT2D eigenvalue weighted by Crippen LogP contribution is 2.18. The van der Waals surface area contributed by atoms with Crippen molar-refractivity contribution in [3.8, 4) is 0 Å². The number of anilines is 3. The van der Waals surface area contributed by atoms with E-state index in [1.807, 2.05) is 13.0 Å². The third kappa shape index (κ3) is 5.41. The monoisotopic (exact) mass is 341 g/mol. The number of ether oxygens (including phenoxy) is 1. The number of morpholine rings is 1. The van der Waals surface area contributed by atoms with E-state index >= 15 is 0 Å². The summed E-state index contributed by atoms with van der Waals surface area (Å²) in [6.07, 6.45) is 0. The average Bonchev–Trinajstić information content (AvgIpc) is 2.54. The van der Waals surface area contributed by atoms with Crippen molar-refractivity contribution in [2.45, 2.75) is 20.8 Å². The van der Waals surface area contributed by atoms with Gasteiger partial charge in [-0.1, -0.05) is 6.07 Å². The third-order valence-corrected chi connectivity index (χ3v) is 4.17. The second-order valence-corrected chi connectivity index (χ2v) is 6.60. The Labute approximate surface area is 149 Å². The number of hydrogen-bond donors (Lipinski definition) is 2. The second-order valence-electron chi connectivity index (χ2n) is 6.60. The van der Waals surface area contributed by atoms with Gasteiger partial charge < -0.3 is 15.4 Å². The topological polar surface area (TPSA) is 62.3 Å². The Kier molecular flexibility index (Phi) is 5.83. The fourth-order valence-corrected chi connectivity index (χ4v) is 3.06. The zero-order valence-corrected chi connectivity index (χ0v) is 15.3. The molecule has 2 N–H and O–H groups in total. The Morgan fingerprint density at radius 1 is 1.00 bits per heavy atom. The Morgan fingerprint density at radius 2 is 1.72 bits per heavy atom. The zero-order chi connectivity index (χ0) is 17.6. The minimum Gasteiger partial charge on any atom is -0.379 e. The van der Waals surface area contributed by atoms with E-state index in [4.69, 9.17) is 4.74 Å². The molecule has 2 aromatic rings. The van der Waals surface area contributed by atoms with Crippen molar-refractivity contribution >= 4 is 17.5 Å². The molecule has 0 bridgehead atoms. The lowest BCUT2D eigenvalue weighted by molar-refractivity contribution is 0.0398. The fraction of sp³-hybridized carbons (Fsp3) is 0.474. The quantitative estimate of drug-likeness (QED) is 0.842. The van der Waals surface area contributed by atoms with Crippen LogP contribution in [-0.4, -0.2) is 54.3 Å². The minimum absolute atomic E-state index is 0.624. The molecule has 3 rings (SSSR count). The molecular formula is C19H27N5O. The summed E-state index contributed by atoms with van der Waals surface area (Å²) in [5, 5.41) is 6.73. The first kappa shape index (κ1) is 17.6. The Morgan fingerprint density at radius 3 is 2.44 bits per heavy atom. The lowest BCUT2D eigenvalue weighted by atomic mass is 10.1. The molecule has 0 radical (unpaired) electrons. The Balaban J connectivity index is 1.61. The number of rotatable bonds is 6. The van der Waals surface area contributed by atoms with Crippen molar-refractivity contribution in [1.82, 2.24) is 14.9 Å². The highest BCUT2D eigenvalue weighted by Gasteiger charge is 2.10. The molecule has 134 valence electrons. The molecule has 2 heterocycles. The molecule has 0 saturated carbocycles. The lowest BCUT2D eigenvalue weighted by Crippen LogP contribution is -2.39. The molecule has 1 aliphatic heterocycles. The van der Waals surface area contributed by atoms with Gasteiger partial charge >= 0.3 is 0 Å².